The third-order valence-corrected chi connectivity index (χ3v) is 4.34. The summed E-state index contributed by atoms with van der Waals surface area (Å²) in [6, 6.07) is 5.37. The fourth-order valence-electron chi connectivity index (χ4n) is 2.99. The molecule has 1 saturated carbocycles. The summed E-state index contributed by atoms with van der Waals surface area (Å²) in [5, 5.41) is 16.9. The Morgan fingerprint density at radius 1 is 1.46 bits per heavy atom. The molecule has 0 aliphatic heterocycles. The van der Waals surface area contributed by atoms with E-state index in [2.05, 4.69) is 15.4 Å². The highest BCUT2D eigenvalue weighted by atomic mass is 16.5. The van der Waals surface area contributed by atoms with Crippen LogP contribution in [0.4, 0.5) is 0 Å². The molecule has 1 aliphatic rings. The summed E-state index contributed by atoms with van der Waals surface area (Å²) in [5.41, 5.74) is 1.79. The van der Waals surface area contributed by atoms with Gasteiger partial charge in [-0.05, 0) is 37.3 Å². The number of nitrogens with one attached hydrogen (secondary N) is 1. The molecule has 3 rings (SSSR count). The fraction of sp³-hybridized carbons (Fsp3) is 0.471. The summed E-state index contributed by atoms with van der Waals surface area (Å²) in [5.74, 6) is 0.628. The average Bonchev–Trinajstić information content (AvgIpc) is 2.95. The molecule has 1 amide bonds. The molecule has 1 atom stereocenters. The summed E-state index contributed by atoms with van der Waals surface area (Å²) < 4.78 is 6.69. The van der Waals surface area contributed by atoms with E-state index in [1.807, 2.05) is 19.1 Å². The number of pyridine rings is 1. The lowest BCUT2D eigenvalue weighted by Crippen LogP contribution is -2.42. The van der Waals surface area contributed by atoms with Crippen LogP contribution in [0.1, 0.15) is 30.1 Å². The second-order valence-corrected chi connectivity index (χ2v) is 6.22. The van der Waals surface area contributed by atoms with Gasteiger partial charge in [-0.25, -0.2) is 4.98 Å². The predicted octanol–water partition coefficient (Wildman–Crippen LogP) is 1.22. The number of aliphatic hydroxyl groups is 1. The first-order valence-electron chi connectivity index (χ1n) is 8.02. The lowest BCUT2D eigenvalue weighted by atomic mass is 9.75. The van der Waals surface area contributed by atoms with Crippen LogP contribution in [0.3, 0.4) is 0 Å². The maximum absolute atomic E-state index is 12.4. The molecular formula is C17H22N4O3. The van der Waals surface area contributed by atoms with Gasteiger partial charge in [0.1, 0.15) is 6.54 Å². The highest BCUT2D eigenvalue weighted by Crippen LogP contribution is 2.38. The number of aromatic nitrogens is 3. The maximum atomic E-state index is 12.4. The average molecular weight is 330 g/mol. The van der Waals surface area contributed by atoms with Gasteiger partial charge in [-0.1, -0.05) is 6.07 Å². The van der Waals surface area contributed by atoms with Crippen molar-refractivity contribution in [3.05, 3.63) is 41.9 Å². The number of hydrogen-bond acceptors (Lipinski definition) is 5. The van der Waals surface area contributed by atoms with Gasteiger partial charge in [0, 0.05) is 18.5 Å². The Hall–Kier alpha value is -2.41. The number of carbonyl (C=O) groups excluding carboxylic acids is 1. The van der Waals surface area contributed by atoms with Crippen molar-refractivity contribution in [1.29, 1.82) is 0 Å². The number of ether oxygens (including phenoxy) is 1. The second-order valence-electron chi connectivity index (χ2n) is 6.22. The van der Waals surface area contributed by atoms with E-state index in [0.717, 1.165) is 11.3 Å². The van der Waals surface area contributed by atoms with E-state index in [1.165, 1.54) is 0 Å². The molecule has 2 aromatic heterocycles. The van der Waals surface area contributed by atoms with Gasteiger partial charge in [0.2, 0.25) is 11.8 Å². The van der Waals surface area contributed by atoms with Crippen molar-refractivity contribution in [2.24, 2.45) is 5.92 Å². The smallest absolute Gasteiger partial charge is 0.242 e. The first-order valence-corrected chi connectivity index (χ1v) is 8.02. The summed E-state index contributed by atoms with van der Waals surface area (Å²) in [6.07, 6.45) is 4.57. The van der Waals surface area contributed by atoms with Crippen LogP contribution in [0, 0.1) is 12.8 Å². The van der Waals surface area contributed by atoms with Crippen LogP contribution in [0.5, 0.6) is 5.88 Å². The summed E-state index contributed by atoms with van der Waals surface area (Å²) >= 11 is 0. The van der Waals surface area contributed by atoms with Gasteiger partial charge in [-0.2, -0.15) is 5.10 Å². The molecule has 7 nitrogen and oxygen atoms in total. The minimum absolute atomic E-state index is 0.111. The fourth-order valence-corrected chi connectivity index (χ4v) is 2.99. The van der Waals surface area contributed by atoms with Crippen LogP contribution in [0.25, 0.3) is 0 Å². The van der Waals surface area contributed by atoms with Crippen molar-refractivity contribution in [2.45, 2.75) is 38.5 Å². The molecule has 0 bridgehead atoms. The van der Waals surface area contributed by atoms with Gasteiger partial charge in [0.05, 0.1) is 24.9 Å². The van der Waals surface area contributed by atoms with Crippen LogP contribution in [-0.4, -0.2) is 39.0 Å². The van der Waals surface area contributed by atoms with Crippen molar-refractivity contribution in [1.82, 2.24) is 20.1 Å². The number of amides is 1. The van der Waals surface area contributed by atoms with Crippen molar-refractivity contribution >= 4 is 5.91 Å². The van der Waals surface area contributed by atoms with Crippen LogP contribution in [0.2, 0.25) is 0 Å². The molecule has 24 heavy (non-hydrogen) atoms. The van der Waals surface area contributed by atoms with Crippen molar-refractivity contribution in [3.63, 3.8) is 0 Å². The number of nitrogens with zero attached hydrogens (tertiary/aromatic N) is 3. The van der Waals surface area contributed by atoms with Gasteiger partial charge in [-0.15, -0.1) is 0 Å². The Labute approximate surface area is 140 Å². The van der Waals surface area contributed by atoms with Crippen LogP contribution >= 0.6 is 0 Å². The molecule has 0 spiro atoms. The van der Waals surface area contributed by atoms with Gasteiger partial charge in [0.15, 0.2) is 0 Å². The minimum Gasteiger partial charge on any atom is -0.481 e. The van der Waals surface area contributed by atoms with Gasteiger partial charge >= 0.3 is 0 Å². The van der Waals surface area contributed by atoms with E-state index < -0.39 is 0 Å². The Morgan fingerprint density at radius 3 is 2.79 bits per heavy atom. The molecule has 1 aliphatic carbocycles. The zero-order valence-electron chi connectivity index (χ0n) is 13.8. The van der Waals surface area contributed by atoms with E-state index in [0.29, 0.717) is 18.7 Å². The standard InChI is InChI=1S/C17H22N4O3/c1-11-5-6-21(20-11)10-15(23)19-17(13-7-14(22)8-13)12-3-4-16(24-2)18-9-12/h3-6,9,13-14,17,22H,7-8,10H2,1-2H3,(H,19,23)/t13?,14?,17-/m1/s1. The Morgan fingerprint density at radius 2 is 2.25 bits per heavy atom. The Bertz CT molecular complexity index is 692. The van der Waals surface area contributed by atoms with Gasteiger partial charge in [-0.3, -0.25) is 9.48 Å². The van der Waals surface area contributed by atoms with E-state index in [1.54, 1.807) is 30.3 Å². The predicted molar refractivity (Wildman–Crippen MR) is 87.4 cm³/mol. The molecule has 2 aromatic rings. The van der Waals surface area contributed by atoms with E-state index >= 15 is 0 Å². The topological polar surface area (TPSA) is 89.3 Å². The largest absolute Gasteiger partial charge is 0.481 e. The zero-order valence-corrected chi connectivity index (χ0v) is 13.8. The number of hydrogen-bond donors (Lipinski definition) is 2. The van der Waals surface area contributed by atoms with Crippen LogP contribution in [0.15, 0.2) is 30.6 Å². The molecule has 2 N–H and O–H groups in total. The molecule has 0 aromatic carbocycles. The lowest BCUT2D eigenvalue weighted by Gasteiger charge is -2.38. The lowest BCUT2D eigenvalue weighted by molar-refractivity contribution is -0.123. The molecule has 1 fully saturated rings. The van der Waals surface area contributed by atoms with Crippen LogP contribution < -0.4 is 10.1 Å². The number of rotatable bonds is 6. The summed E-state index contributed by atoms with van der Waals surface area (Å²) in [7, 11) is 1.57. The molecule has 0 radical (unpaired) electrons. The van der Waals surface area contributed by atoms with Crippen molar-refractivity contribution in [3.8, 4) is 5.88 Å². The van der Waals surface area contributed by atoms with Crippen molar-refractivity contribution in [2.75, 3.05) is 7.11 Å². The Balaban J connectivity index is 1.70. The highest BCUT2D eigenvalue weighted by molar-refractivity contribution is 5.76. The minimum atomic E-state index is -0.283. The molecule has 0 unspecified atom stereocenters. The first kappa shape index (κ1) is 16.4. The van der Waals surface area contributed by atoms with Crippen molar-refractivity contribution < 1.29 is 14.6 Å². The van der Waals surface area contributed by atoms with Gasteiger partial charge in [0.25, 0.3) is 0 Å². The molecule has 128 valence electrons. The Kier molecular flexibility index (Phi) is 4.80. The molecular weight excluding hydrogens is 308 g/mol. The maximum Gasteiger partial charge on any atom is 0.242 e. The summed E-state index contributed by atoms with van der Waals surface area (Å²) in [4.78, 5) is 16.6. The number of carbonyl (C=O) groups is 1. The normalized spacial score (nSPS) is 21.0. The number of aliphatic hydroxyl groups excluding tert-OH is 1. The van der Waals surface area contributed by atoms with Gasteiger partial charge < -0.3 is 15.2 Å². The number of methoxy groups -OCH3 is 1. The number of aryl methyl sites for hydroxylation is 1. The summed E-state index contributed by atoms with van der Waals surface area (Å²) in [6.45, 7) is 2.05. The van der Waals surface area contributed by atoms with Crippen LogP contribution in [-0.2, 0) is 11.3 Å². The van der Waals surface area contributed by atoms with E-state index in [-0.39, 0.29) is 30.5 Å². The third kappa shape index (κ3) is 3.73. The SMILES string of the molecule is COc1ccc([C@@H](NC(=O)Cn2ccc(C)n2)C2CC(O)C2)cn1. The van der Waals surface area contributed by atoms with E-state index in [4.69, 9.17) is 4.74 Å². The zero-order chi connectivity index (χ0) is 17.1. The highest BCUT2D eigenvalue weighted by Gasteiger charge is 2.35. The molecule has 7 heteroatoms. The third-order valence-electron chi connectivity index (χ3n) is 4.34. The second kappa shape index (κ2) is 7.00. The first-order chi connectivity index (χ1) is 11.5. The molecule has 0 saturated heterocycles. The monoisotopic (exact) mass is 330 g/mol. The quantitative estimate of drug-likeness (QED) is 0.831. The molecule has 2 heterocycles. The van der Waals surface area contributed by atoms with E-state index in [9.17, 15) is 9.90 Å².